The Morgan fingerprint density at radius 2 is 1.43 bits per heavy atom. The SMILES string of the molecule is COC(=O)[C@H](Cc1ccc(OC)[c]([Pb]([O]C(C)=O)([O]C(C)=O)[O]C(C)=O)c1)NC(=O)OC(C)(C)C. The zero-order chi connectivity index (χ0) is 27.0. The van der Waals surface area contributed by atoms with Gasteiger partial charge in [0.1, 0.15) is 0 Å². The van der Waals surface area contributed by atoms with E-state index < -0.39 is 64.1 Å². The Balaban J connectivity index is 3.54. The summed E-state index contributed by atoms with van der Waals surface area (Å²) < 4.78 is 31.5. The van der Waals surface area contributed by atoms with E-state index in [9.17, 15) is 24.0 Å². The Morgan fingerprint density at radius 3 is 1.83 bits per heavy atom. The first-order valence-corrected chi connectivity index (χ1v) is 17.2. The van der Waals surface area contributed by atoms with Gasteiger partial charge in [0.05, 0.1) is 0 Å². The third-order valence-corrected chi connectivity index (χ3v) is 14.6. The summed E-state index contributed by atoms with van der Waals surface area (Å²) in [5.74, 6) is -3.11. The number of nitrogens with one attached hydrogen (secondary N) is 1. The van der Waals surface area contributed by atoms with Gasteiger partial charge in [0.2, 0.25) is 0 Å². The van der Waals surface area contributed by atoms with Crippen molar-refractivity contribution in [1.29, 1.82) is 0 Å². The molecule has 194 valence electrons. The molecule has 1 aromatic carbocycles. The Morgan fingerprint density at radius 1 is 0.914 bits per heavy atom. The van der Waals surface area contributed by atoms with E-state index in [2.05, 4.69) is 5.32 Å². The fourth-order valence-corrected chi connectivity index (χ4v) is 12.4. The Labute approximate surface area is 210 Å². The van der Waals surface area contributed by atoms with Crippen LogP contribution in [-0.4, -0.2) is 78.4 Å². The van der Waals surface area contributed by atoms with E-state index in [0.29, 0.717) is 5.56 Å². The van der Waals surface area contributed by atoms with Crippen LogP contribution in [0.4, 0.5) is 4.79 Å². The second kappa shape index (κ2) is 12.7. The monoisotopic (exact) mass is 693 g/mol. The van der Waals surface area contributed by atoms with E-state index in [1.165, 1.54) is 19.2 Å². The molecule has 0 aliphatic rings. The first-order valence-electron chi connectivity index (χ1n) is 10.5. The topological polar surface area (TPSA) is 153 Å². The van der Waals surface area contributed by atoms with Crippen LogP contribution < -0.4 is 13.2 Å². The molecular weight excluding hydrogens is 661 g/mol. The number of ether oxygens (including phenoxy) is 3. The van der Waals surface area contributed by atoms with Crippen molar-refractivity contribution in [2.45, 2.75) is 59.6 Å². The summed E-state index contributed by atoms with van der Waals surface area (Å²) >= 11 is -5.65. The predicted molar refractivity (Wildman–Crippen MR) is 123 cm³/mol. The molecule has 0 saturated carbocycles. The van der Waals surface area contributed by atoms with Gasteiger partial charge < -0.3 is 0 Å². The molecule has 0 heterocycles. The zero-order valence-electron chi connectivity index (χ0n) is 21.0. The summed E-state index contributed by atoms with van der Waals surface area (Å²) in [6.07, 6.45) is -0.928. The van der Waals surface area contributed by atoms with E-state index in [1.807, 2.05) is 0 Å². The molecule has 1 N–H and O–H groups in total. The second-order valence-electron chi connectivity index (χ2n) is 8.30. The summed E-state index contributed by atoms with van der Waals surface area (Å²) in [5, 5.41) is 2.45. The minimum atomic E-state index is -5.65. The summed E-state index contributed by atoms with van der Waals surface area (Å²) in [6, 6.07) is 3.32. The van der Waals surface area contributed by atoms with Crippen LogP contribution in [0.25, 0.3) is 0 Å². The van der Waals surface area contributed by atoms with Gasteiger partial charge in [0, 0.05) is 0 Å². The first-order chi connectivity index (χ1) is 16.1. The zero-order valence-corrected chi connectivity index (χ0v) is 24.9. The average Bonchev–Trinajstić information content (AvgIpc) is 2.69. The first kappa shape index (κ1) is 30.1. The van der Waals surface area contributed by atoms with Crippen LogP contribution in [0.15, 0.2) is 18.2 Å². The Bertz CT molecular complexity index is 930. The van der Waals surface area contributed by atoms with Gasteiger partial charge in [-0.1, -0.05) is 0 Å². The molecule has 0 radical (unpaired) electrons. The van der Waals surface area contributed by atoms with E-state index in [0.717, 1.165) is 27.9 Å². The fraction of sp³-hybridized carbons (Fsp3) is 0.500. The number of alkyl carbamates (subject to hydrolysis) is 1. The summed E-state index contributed by atoms with van der Waals surface area (Å²) in [6.45, 7) is 8.24. The third kappa shape index (κ3) is 9.70. The van der Waals surface area contributed by atoms with Crippen LogP contribution in [-0.2, 0) is 43.1 Å². The van der Waals surface area contributed by atoms with Gasteiger partial charge in [0.15, 0.2) is 0 Å². The van der Waals surface area contributed by atoms with Crippen LogP contribution in [0, 0.1) is 0 Å². The molecule has 13 heteroatoms. The predicted octanol–water partition coefficient (Wildman–Crippen LogP) is 1.14. The quantitative estimate of drug-likeness (QED) is 0.293. The molecule has 1 rings (SSSR count). The van der Waals surface area contributed by atoms with Crippen LogP contribution in [0.3, 0.4) is 0 Å². The van der Waals surface area contributed by atoms with E-state index in [-0.39, 0.29) is 15.3 Å². The van der Waals surface area contributed by atoms with Crippen LogP contribution in [0.5, 0.6) is 5.75 Å². The molecule has 1 atom stereocenters. The number of hydrogen-bond acceptors (Lipinski definition) is 11. The van der Waals surface area contributed by atoms with Gasteiger partial charge >= 0.3 is 211 Å². The number of esters is 1. The molecule has 0 aliphatic carbocycles. The summed E-state index contributed by atoms with van der Waals surface area (Å²) in [7, 11) is 2.49. The average molecular weight is 693 g/mol. The standard InChI is InChI=1S/C16H22NO5.3C2H4O2.Pb/c1-16(2,3)22-15(19)17-13(14(18)21-5)10-11-6-8-12(20-4)9-7-11;3*1-2(3)4;/h6-8,13H,10H2,1-5H3,(H,17,19);3*1H3,(H,3,4);/q;;;;+3/p-3/t13-;;;;/m0..../s1. The van der Waals surface area contributed by atoms with Crippen molar-refractivity contribution in [2.24, 2.45) is 0 Å². The summed E-state index contributed by atoms with van der Waals surface area (Å²) in [4.78, 5) is 60.3. The molecule has 0 saturated heterocycles. The molecule has 1 aromatic rings. The normalized spacial score (nSPS) is 12.0. The number of carbonyl (C=O) groups excluding carboxylic acids is 5. The maximum absolute atomic E-state index is 12.3. The van der Waals surface area contributed by atoms with Gasteiger partial charge in [-0.2, -0.15) is 0 Å². The molecule has 0 aliphatic heterocycles. The third-order valence-electron chi connectivity index (χ3n) is 4.04. The second-order valence-corrected chi connectivity index (χ2v) is 17.1. The van der Waals surface area contributed by atoms with Gasteiger partial charge in [0.25, 0.3) is 0 Å². The minimum absolute atomic E-state index is 0.0685. The number of rotatable bonds is 9. The van der Waals surface area contributed by atoms with Gasteiger partial charge in [-0.25, -0.2) is 0 Å². The maximum atomic E-state index is 12.3. The number of benzene rings is 1. The molecule has 1 amide bonds. The van der Waals surface area contributed by atoms with Gasteiger partial charge in [-0.05, 0) is 0 Å². The molecule has 0 aromatic heterocycles. The molecule has 0 fully saturated rings. The molecule has 12 nitrogen and oxygen atoms in total. The van der Waals surface area contributed by atoms with Crippen molar-refractivity contribution >= 4 is 55.6 Å². The Kier molecular flexibility index (Phi) is 10.9. The van der Waals surface area contributed by atoms with Gasteiger partial charge in [-0.15, -0.1) is 0 Å². The number of amides is 1. The van der Waals surface area contributed by atoms with Crippen molar-refractivity contribution in [3.05, 3.63) is 23.8 Å². The Hall–Kier alpha value is -2.91. The molecule has 0 bridgehead atoms. The molecular formula is C22H31NO11Pb. The van der Waals surface area contributed by atoms with E-state index in [4.69, 9.17) is 22.3 Å². The van der Waals surface area contributed by atoms with Gasteiger partial charge in [-0.3, -0.25) is 0 Å². The molecule has 35 heavy (non-hydrogen) atoms. The van der Waals surface area contributed by atoms with Crippen molar-refractivity contribution in [3.8, 4) is 5.75 Å². The van der Waals surface area contributed by atoms with Crippen LogP contribution >= 0.6 is 0 Å². The van der Waals surface area contributed by atoms with E-state index in [1.54, 1.807) is 26.8 Å². The van der Waals surface area contributed by atoms with Crippen molar-refractivity contribution < 1.29 is 46.2 Å². The molecule has 0 unspecified atom stereocenters. The summed E-state index contributed by atoms with van der Waals surface area (Å²) in [5.41, 5.74) is -0.381. The van der Waals surface area contributed by atoms with E-state index >= 15 is 0 Å². The van der Waals surface area contributed by atoms with Crippen molar-refractivity contribution in [1.82, 2.24) is 5.32 Å². The van der Waals surface area contributed by atoms with Crippen LogP contribution in [0.1, 0.15) is 47.1 Å². The number of methoxy groups -OCH3 is 2. The number of hydrogen-bond donors (Lipinski definition) is 1. The fourth-order valence-electron chi connectivity index (χ4n) is 2.94. The molecule has 0 spiro atoms. The van der Waals surface area contributed by atoms with Crippen LogP contribution in [0.2, 0.25) is 0 Å². The van der Waals surface area contributed by atoms with Crippen molar-refractivity contribution in [2.75, 3.05) is 14.2 Å². The van der Waals surface area contributed by atoms with Crippen molar-refractivity contribution in [3.63, 3.8) is 0 Å². The number of carbonyl (C=O) groups is 5.